The molecule has 150 valence electrons. The van der Waals surface area contributed by atoms with Crippen LogP contribution in [0.1, 0.15) is 36.3 Å². The summed E-state index contributed by atoms with van der Waals surface area (Å²) in [6.45, 7) is 4.29. The second kappa shape index (κ2) is 10.3. The third-order valence-electron chi connectivity index (χ3n) is 6.05. The number of hydrogen-bond acceptors (Lipinski definition) is 2. The van der Waals surface area contributed by atoms with Crippen LogP contribution in [0.4, 0.5) is 0 Å². The zero-order valence-electron chi connectivity index (χ0n) is 17.1. The van der Waals surface area contributed by atoms with Gasteiger partial charge in [-0.25, -0.2) is 0 Å². The average Bonchev–Trinajstić information content (AvgIpc) is 2.80. The van der Waals surface area contributed by atoms with E-state index < -0.39 is 0 Å². The molecule has 0 saturated carbocycles. The van der Waals surface area contributed by atoms with Crippen molar-refractivity contribution in [1.29, 1.82) is 0 Å². The van der Waals surface area contributed by atoms with Crippen LogP contribution in [0.25, 0.3) is 0 Å². The smallest absolute Gasteiger partial charge is 0.119 e. The van der Waals surface area contributed by atoms with E-state index in [9.17, 15) is 0 Å². The Balaban J connectivity index is 1.30. The highest BCUT2D eigenvalue weighted by Crippen LogP contribution is 2.37. The molecule has 2 nitrogen and oxygen atoms in total. The molecule has 1 heterocycles. The van der Waals surface area contributed by atoms with Crippen molar-refractivity contribution in [2.45, 2.75) is 25.2 Å². The number of hydrogen-bond donors (Lipinski definition) is 0. The molecule has 4 rings (SSSR count). The molecule has 3 aromatic carbocycles. The molecule has 3 aromatic rings. The van der Waals surface area contributed by atoms with Crippen molar-refractivity contribution in [3.63, 3.8) is 0 Å². The summed E-state index contributed by atoms with van der Waals surface area (Å²) in [4.78, 5) is 2.61. The average molecular weight is 386 g/mol. The zero-order chi connectivity index (χ0) is 19.7. The minimum Gasteiger partial charge on any atom is -0.494 e. The fraction of sp³-hybridized carbons (Fsp3) is 0.333. The molecule has 0 unspecified atom stereocenters. The molecule has 0 radical (unpaired) electrons. The number of piperidine rings is 1. The van der Waals surface area contributed by atoms with Gasteiger partial charge >= 0.3 is 0 Å². The van der Waals surface area contributed by atoms with Gasteiger partial charge in [0.25, 0.3) is 0 Å². The number of benzene rings is 3. The van der Waals surface area contributed by atoms with Crippen molar-refractivity contribution < 1.29 is 4.74 Å². The summed E-state index contributed by atoms with van der Waals surface area (Å²) in [6, 6.07) is 32.2. The fourth-order valence-corrected chi connectivity index (χ4v) is 4.56. The van der Waals surface area contributed by atoms with Crippen LogP contribution in [0.15, 0.2) is 91.0 Å². The van der Waals surface area contributed by atoms with Crippen molar-refractivity contribution in [2.24, 2.45) is 5.92 Å². The maximum Gasteiger partial charge on any atom is 0.119 e. The van der Waals surface area contributed by atoms with Gasteiger partial charge in [0.15, 0.2) is 0 Å². The molecule has 0 bridgehead atoms. The number of likely N-dealkylation sites (tertiary alicyclic amines) is 1. The standard InChI is InChI=1S/C27H31NO/c1-4-11-23(12-5-1)27(24-13-6-2-7-14-24)25-17-20-28(21-18-25)19-10-22-29-26-15-8-3-9-16-26/h1-9,11-16,25,27H,10,17-22H2. The van der Waals surface area contributed by atoms with Gasteiger partial charge in [0.2, 0.25) is 0 Å². The van der Waals surface area contributed by atoms with Crippen LogP contribution in [-0.2, 0) is 0 Å². The Morgan fingerprint density at radius 3 is 1.79 bits per heavy atom. The van der Waals surface area contributed by atoms with Crippen molar-refractivity contribution >= 4 is 0 Å². The molecule has 0 N–H and O–H groups in total. The van der Waals surface area contributed by atoms with Crippen molar-refractivity contribution in [1.82, 2.24) is 4.90 Å². The lowest BCUT2D eigenvalue weighted by atomic mass is 9.76. The van der Waals surface area contributed by atoms with Gasteiger partial charge in [-0.2, -0.15) is 0 Å². The highest BCUT2D eigenvalue weighted by molar-refractivity contribution is 5.33. The Morgan fingerprint density at radius 1 is 0.724 bits per heavy atom. The fourth-order valence-electron chi connectivity index (χ4n) is 4.56. The van der Waals surface area contributed by atoms with Crippen LogP contribution < -0.4 is 4.74 Å². The summed E-state index contributed by atoms with van der Waals surface area (Å²) in [5.74, 6) is 2.18. The summed E-state index contributed by atoms with van der Waals surface area (Å²) >= 11 is 0. The normalized spacial score (nSPS) is 15.5. The van der Waals surface area contributed by atoms with Gasteiger partial charge in [-0.1, -0.05) is 78.9 Å². The van der Waals surface area contributed by atoms with E-state index in [-0.39, 0.29) is 0 Å². The van der Waals surface area contributed by atoms with E-state index >= 15 is 0 Å². The lowest BCUT2D eigenvalue weighted by molar-refractivity contribution is 0.163. The summed E-state index contributed by atoms with van der Waals surface area (Å²) in [5.41, 5.74) is 2.90. The molecular formula is C27H31NO. The van der Waals surface area contributed by atoms with E-state index in [2.05, 4.69) is 65.6 Å². The van der Waals surface area contributed by atoms with E-state index in [0.29, 0.717) is 11.8 Å². The quantitative estimate of drug-likeness (QED) is 0.441. The second-order valence-corrected chi connectivity index (χ2v) is 7.99. The Bertz CT molecular complexity index is 787. The first-order valence-electron chi connectivity index (χ1n) is 10.9. The lowest BCUT2D eigenvalue weighted by Gasteiger charge is -2.36. The van der Waals surface area contributed by atoms with Crippen molar-refractivity contribution in [3.05, 3.63) is 102 Å². The minimum absolute atomic E-state index is 0.501. The van der Waals surface area contributed by atoms with E-state index in [4.69, 9.17) is 4.74 Å². The molecule has 1 saturated heterocycles. The lowest BCUT2D eigenvalue weighted by Crippen LogP contribution is -2.36. The van der Waals surface area contributed by atoms with E-state index in [1.807, 2.05) is 30.3 Å². The molecule has 29 heavy (non-hydrogen) atoms. The topological polar surface area (TPSA) is 12.5 Å². The number of rotatable bonds is 8. The van der Waals surface area contributed by atoms with Gasteiger partial charge in [-0.05, 0) is 61.5 Å². The maximum atomic E-state index is 5.85. The Hall–Kier alpha value is -2.58. The van der Waals surface area contributed by atoms with Crippen molar-refractivity contribution in [2.75, 3.05) is 26.2 Å². The molecule has 1 fully saturated rings. The van der Waals surface area contributed by atoms with E-state index in [1.165, 1.54) is 37.1 Å². The van der Waals surface area contributed by atoms with Crippen LogP contribution in [0.5, 0.6) is 5.75 Å². The largest absolute Gasteiger partial charge is 0.494 e. The molecule has 0 aliphatic carbocycles. The Kier molecular flexibility index (Phi) is 6.98. The highest BCUT2D eigenvalue weighted by Gasteiger charge is 2.28. The summed E-state index contributed by atoms with van der Waals surface area (Å²) in [7, 11) is 0. The first kappa shape index (κ1) is 19.7. The first-order chi connectivity index (χ1) is 14.4. The summed E-state index contributed by atoms with van der Waals surface area (Å²) < 4.78 is 5.85. The zero-order valence-corrected chi connectivity index (χ0v) is 17.1. The van der Waals surface area contributed by atoms with Gasteiger partial charge in [-0.3, -0.25) is 0 Å². The molecule has 0 atom stereocenters. The van der Waals surface area contributed by atoms with Crippen molar-refractivity contribution in [3.8, 4) is 5.75 Å². The summed E-state index contributed by atoms with van der Waals surface area (Å²) in [6.07, 6.45) is 3.60. The number of para-hydroxylation sites is 1. The minimum atomic E-state index is 0.501. The Labute approximate surface area is 175 Å². The molecule has 0 spiro atoms. The SMILES string of the molecule is c1ccc(OCCCN2CCC(C(c3ccccc3)c3ccccc3)CC2)cc1. The number of nitrogens with zero attached hydrogens (tertiary/aromatic N) is 1. The van der Waals surface area contributed by atoms with Crippen LogP contribution in [0.2, 0.25) is 0 Å². The van der Waals surface area contributed by atoms with Gasteiger partial charge < -0.3 is 9.64 Å². The van der Waals surface area contributed by atoms with Crippen LogP contribution in [0, 0.1) is 5.92 Å². The van der Waals surface area contributed by atoms with E-state index in [1.54, 1.807) is 0 Å². The van der Waals surface area contributed by atoms with Gasteiger partial charge in [0, 0.05) is 12.5 Å². The highest BCUT2D eigenvalue weighted by atomic mass is 16.5. The van der Waals surface area contributed by atoms with Crippen LogP contribution in [0.3, 0.4) is 0 Å². The van der Waals surface area contributed by atoms with Gasteiger partial charge in [-0.15, -0.1) is 0 Å². The molecule has 2 heteroatoms. The number of ether oxygens (including phenoxy) is 1. The van der Waals surface area contributed by atoms with Gasteiger partial charge in [0.1, 0.15) is 5.75 Å². The predicted octanol–water partition coefficient (Wildman–Crippen LogP) is 6.00. The molecule has 0 amide bonds. The van der Waals surface area contributed by atoms with Gasteiger partial charge in [0.05, 0.1) is 6.61 Å². The molecule has 1 aliphatic rings. The predicted molar refractivity (Wildman–Crippen MR) is 120 cm³/mol. The third kappa shape index (κ3) is 5.48. The molecule has 0 aromatic heterocycles. The van der Waals surface area contributed by atoms with Crippen LogP contribution >= 0.6 is 0 Å². The van der Waals surface area contributed by atoms with E-state index in [0.717, 1.165) is 25.3 Å². The molecule has 1 aliphatic heterocycles. The first-order valence-corrected chi connectivity index (χ1v) is 10.9. The van der Waals surface area contributed by atoms with Crippen LogP contribution in [-0.4, -0.2) is 31.1 Å². The monoisotopic (exact) mass is 385 g/mol. The Morgan fingerprint density at radius 2 is 1.24 bits per heavy atom. The molecular weight excluding hydrogens is 354 g/mol. The maximum absolute atomic E-state index is 5.85. The second-order valence-electron chi connectivity index (χ2n) is 7.99. The summed E-state index contributed by atoms with van der Waals surface area (Å²) in [5, 5.41) is 0. The third-order valence-corrected chi connectivity index (χ3v) is 6.05.